The van der Waals surface area contributed by atoms with Crippen molar-refractivity contribution < 1.29 is 0 Å². The first-order chi connectivity index (χ1) is 17.4. The Morgan fingerprint density at radius 1 is 0.556 bits per heavy atom. The van der Waals surface area contributed by atoms with E-state index in [0.717, 1.165) is 0 Å². The summed E-state index contributed by atoms with van der Waals surface area (Å²) < 4.78 is 1.69. The number of thiophene rings is 4. The average molecular weight is 664 g/mol. The van der Waals surface area contributed by atoms with E-state index < -0.39 is 18.4 Å². The summed E-state index contributed by atoms with van der Waals surface area (Å²) in [4.78, 5) is 16.4. The Morgan fingerprint density at radius 2 is 1.08 bits per heavy atom. The van der Waals surface area contributed by atoms with Gasteiger partial charge in [0.25, 0.3) is 0 Å². The minimum atomic E-state index is -1.87. The summed E-state index contributed by atoms with van der Waals surface area (Å²) in [6, 6.07) is 18.3. The molecule has 0 aliphatic carbocycles. The zero-order chi connectivity index (χ0) is 25.8. The minimum absolute atomic E-state index is 1.26. The van der Waals surface area contributed by atoms with Gasteiger partial charge in [0.15, 0.2) is 0 Å². The molecule has 0 radical (unpaired) electrons. The van der Waals surface area contributed by atoms with Gasteiger partial charge in [-0.2, -0.15) is 0 Å². The van der Waals surface area contributed by atoms with E-state index in [-0.39, 0.29) is 0 Å². The van der Waals surface area contributed by atoms with E-state index in [1.165, 1.54) is 83.7 Å². The fourth-order valence-electron chi connectivity index (χ4n) is 4.03. The predicted octanol–water partition coefficient (Wildman–Crippen LogP) is 11.7. The molecule has 4 aromatic rings. The van der Waals surface area contributed by atoms with Crippen molar-refractivity contribution in [2.24, 2.45) is 0 Å². The molecule has 0 N–H and O–H groups in total. The number of hydrogen-bond acceptors (Lipinski definition) is 4. The monoisotopic (exact) mass is 664 g/mol. The molecule has 0 fully saturated rings. The Morgan fingerprint density at radius 3 is 1.56 bits per heavy atom. The van der Waals surface area contributed by atoms with Crippen molar-refractivity contribution in [3.05, 3.63) is 63.7 Å². The van der Waals surface area contributed by atoms with Crippen LogP contribution in [0.5, 0.6) is 0 Å². The van der Waals surface area contributed by atoms with Gasteiger partial charge in [-0.1, -0.05) is 32.3 Å². The normalized spacial score (nSPS) is 11.5. The summed E-state index contributed by atoms with van der Waals surface area (Å²) in [5, 5.41) is 2.15. The molecule has 0 aliphatic rings. The first-order valence-electron chi connectivity index (χ1n) is 13.7. The van der Waals surface area contributed by atoms with Crippen LogP contribution in [0.15, 0.2) is 53.9 Å². The third-order valence-corrected chi connectivity index (χ3v) is 20.4. The Labute approximate surface area is 240 Å². The van der Waals surface area contributed by atoms with E-state index in [9.17, 15) is 0 Å². The third-order valence-electron chi connectivity index (χ3n) is 6.23. The molecule has 0 unspecified atom stereocenters. The molecule has 0 spiro atoms. The van der Waals surface area contributed by atoms with Crippen molar-refractivity contribution in [2.75, 3.05) is 0 Å². The molecule has 196 valence electrons. The molecule has 4 aromatic heterocycles. The summed E-state index contributed by atoms with van der Waals surface area (Å²) in [5.41, 5.74) is 0. The van der Waals surface area contributed by atoms with E-state index >= 15 is 0 Å². The second-order valence-electron chi connectivity index (χ2n) is 10.5. The van der Waals surface area contributed by atoms with Crippen molar-refractivity contribution >= 4 is 66.6 Å². The maximum atomic E-state index is 2.50. The SMILES string of the molecule is CCCCCCc1ccc(-c2cc[c]([Sn]([CH3])([CH3])[CH3])s2)s1.CCCCCCc1ccc(-c2cccs2)s1. The number of aryl methyl sites for hydroxylation is 2. The van der Waals surface area contributed by atoms with Crippen LogP contribution in [-0.4, -0.2) is 18.4 Å². The zero-order valence-electron chi connectivity index (χ0n) is 22.9. The van der Waals surface area contributed by atoms with Gasteiger partial charge < -0.3 is 0 Å². The van der Waals surface area contributed by atoms with Gasteiger partial charge in [-0.05, 0) is 36.4 Å². The first kappa shape index (κ1) is 30.1. The van der Waals surface area contributed by atoms with Gasteiger partial charge in [-0.3, -0.25) is 0 Å². The Hall–Kier alpha value is -0.401. The second kappa shape index (κ2) is 15.9. The molecule has 0 aliphatic heterocycles. The second-order valence-corrected chi connectivity index (χ2v) is 30.3. The number of hydrogen-bond donors (Lipinski definition) is 0. The van der Waals surface area contributed by atoms with Crippen LogP contribution in [0.3, 0.4) is 0 Å². The van der Waals surface area contributed by atoms with Crippen LogP contribution in [0.4, 0.5) is 0 Å². The molecule has 5 heteroatoms. The van der Waals surface area contributed by atoms with Crippen molar-refractivity contribution in [2.45, 2.75) is 92.9 Å². The summed E-state index contributed by atoms with van der Waals surface area (Å²) >= 11 is 5.97. The van der Waals surface area contributed by atoms with Gasteiger partial charge in [-0.15, -0.1) is 22.7 Å². The van der Waals surface area contributed by atoms with Gasteiger partial charge in [0, 0.05) is 14.6 Å². The topological polar surface area (TPSA) is 0 Å². The molecule has 0 saturated heterocycles. The molecule has 0 aromatic carbocycles. The molecule has 0 amide bonds. The molecule has 0 saturated carbocycles. The van der Waals surface area contributed by atoms with E-state index in [4.69, 9.17) is 0 Å². The third kappa shape index (κ3) is 10.1. The van der Waals surface area contributed by atoms with Gasteiger partial charge >= 0.3 is 137 Å². The summed E-state index contributed by atoms with van der Waals surface area (Å²) in [5.74, 6) is 0. The molecule has 0 atom stereocenters. The smallest absolute Gasteiger partial charge is 0.0445 e. The van der Waals surface area contributed by atoms with Crippen molar-refractivity contribution in [1.29, 1.82) is 0 Å². The molecule has 0 nitrogen and oxygen atoms in total. The average Bonchev–Trinajstić information content (AvgIpc) is 3.66. The van der Waals surface area contributed by atoms with E-state index in [1.54, 1.807) is 12.6 Å². The van der Waals surface area contributed by atoms with Crippen LogP contribution in [0.1, 0.15) is 75.0 Å². The molecular weight excluding hydrogens is 619 g/mol. The van der Waals surface area contributed by atoms with Crippen LogP contribution in [-0.2, 0) is 12.8 Å². The maximum Gasteiger partial charge on any atom is 0.0445 e. The fraction of sp³-hybridized carbons (Fsp3) is 0.484. The van der Waals surface area contributed by atoms with Gasteiger partial charge in [-0.25, -0.2) is 0 Å². The number of rotatable bonds is 13. The minimum Gasteiger partial charge on any atom is -0.143 e. The van der Waals surface area contributed by atoms with Crippen molar-refractivity contribution in [1.82, 2.24) is 0 Å². The van der Waals surface area contributed by atoms with Crippen LogP contribution in [0.25, 0.3) is 19.5 Å². The van der Waals surface area contributed by atoms with Crippen LogP contribution < -0.4 is 2.89 Å². The fourth-order valence-corrected chi connectivity index (χ4v) is 13.3. The van der Waals surface area contributed by atoms with Gasteiger partial charge in [0.05, 0.1) is 0 Å². The van der Waals surface area contributed by atoms with Gasteiger partial charge in [0.1, 0.15) is 0 Å². The first-order valence-corrected chi connectivity index (χ1v) is 27.0. The number of unbranched alkanes of at least 4 members (excludes halogenated alkanes) is 6. The van der Waals surface area contributed by atoms with Gasteiger partial charge in [0.2, 0.25) is 0 Å². The Balaban J connectivity index is 0.000000205. The van der Waals surface area contributed by atoms with Crippen LogP contribution >= 0.6 is 45.3 Å². The largest absolute Gasteiger partial charge is 0.143 e. The maximum absolute atomic E-state index is 2.50. The van der Waals surface area contributed by atoms with E-state index in [0.29, 0.717) is 0 Å². The predicted molar refractivity (Wildman–Crippen MR) is 174 cm³/mol. The summed E-state index contributed by atoms with van der Waals surface area (Å²) in [6.07, 6.45) is 13.4. The molecule has 4 rings (SSSR count). The molecule has 0 bridgehead atoms. The van der Waals surface area contributed by atoms with Crippen molar-refractivity contribution in [3.8, 4) is 19.5 Å². The summed E-state index contributed by atoms with van der Waals surface area (Å²) in [7, 11) is 0. The van der Waals surface area contributed by atoms with E-state index in [1.807, 2.05) is 45.3 Å². The molecule has 36 heavy (non-hydrogen) atoms. The summed E-state index contributed by atoms with van der Waals surface area (Å²) in [6.45, 7) is 4.54. The van der Waals surface area contributed by atoms with Crippen LogP contribution in [0.2, 0.25) is 14.8 Å². The zero-order valence-corrected chi connectivity index (χ0v) is 29.0. The Kier molecular flexibility index (Phi) is 13.3. The van der Waals surface area contributed by atoms with Crippen molar-refractivity contribution in [3.63, 3.8) is 0 Å². The van der Waals surface area contributed by atoms with Crippen LogP contribution in [0, 0.1) is 0 Å². The Bertz CT molecular complexity index is 1110. The molecule has 4 heterocycles. The quantitative estimate of drug-likeness (QED) is 0.0987. The van der Waals surface area contributed by atoms with E-state index in [2.05, 4.69) is 82.6 Å². The molecular formula is C31H44S4Sn. The standard InChI is InChI=1S/C14H18S2.C14H17S2.3CH3.Sn/c2*1-2-3-4-5-7-12-9-10-14(16-12)13-8-6-11-15-13;;;;/h6,8-11H,2-5,7H2,1H3;6,8-10H,2-5,7H2,1H3;3*1H3;.